The summed E-state index contributed by atoms with van der Waals surface area (Å²) in [5, 5.41) is 8.58. The second-order valence-corrected chi connectivity index (χ2v) is 6.82. The van der Waals surface area contributed by atoms with Gasteiger partial charge < -0.3 is 5.11 Å². The van der Waals surface area contributed by atoms with Crippen molar-refractivity contribution in [2.75, 3.05) is 4.72 Å². The van der Waals surface area contributed by atoms with Gasteiger partial charge in [-0.05, 0) is 30.3 Å². The van der Waals surface area contributed by atoms with Crippen LogP contribution in [0.4, 0.5) is 9.39 Å². The lowest BCUT2D eigenvalue weighted by Crippen LogP contribution is -2.12. The smallest absolute Gasteiger partial charge is 0.345 e. The number of anilines is 1. The van der Waals surface area contributed by atoms with E-state index in [4.69, 9.17) is 16.7 Å². The zero-order valence-electron chi connectivity index (χ0n) is 9.63. The van der Waals surface area contributed by atoms with Crippen LogP contribution in [-0.2, 0) is 10.0 Å². The minimum absolute atomic E-state index is 0.000150. The molecule has 2 aromatic rings. The van der Waals surface area contributed by atoms with Gasteiger partial charge in [0.2, 0.25) is 0 Å². The molecule has 2 rings (SSSR count). The number of aromatic carboxylic acids is 1. The number of sulfonamides is 1. The summed E-state index contributed by atoms with van der Waals surface area (Å²) in [6, 6.07) is 5.59. The lowest BCUT2D eigenvalue weighted by Gasteiger charge is -2.06. The molecule has 0 aliphatic heterocycles. The van der Waals surface area contributed by atoms with Crippen molar-refractivity contribution in [3.8, 4) is 0 Å². The average molecular weight is 336 g/mol. The lowest BCUT2D eigenvalue weighted by molar-refractivity contribution is 0.0702. The van der Waals surface area contributed by atoms with Crippen molar-refractivity contribution in [1.29, 1.82) is 0 Å². The van der Waals surface area contributed by atoms with E-state index in [9.17, 15) is 17.6 Å². The van der Waals surface area contributed by atoms with E-state index >= 15 is 0 Å². The molecule has 0 saturated heterocycles. The number of benzene rings is 1. The molecular formula is C11H7ClFNO4S2. The van der Waals surface area contributed by atoms with E-state index in [1.54, 1.807) is 0 Å². The summed E-state index contributed by atoms with van der Waals surface area (Å²) in [5.41, 5.74) is 0. The van der Waals surface area contributed by atoms with Gasteiger partial charge in [-0.1, -0.05) is 11.6 Å². The minimum Gasteiger partial charge on any atom is -0.477 e. The Morgan fingerprint density at radius 3 is 2.55 bits per heavy atom. The molecule has 0 amide bonds. The van der Waals surface area contributed by atoms with Gasteiger partial charge in [0.1, 0.15) is 15.7 Å². The van der Waals surface area contributed by atoms with Crippen molar-refractivity contribution in [2.24, 2.45) is 0 Å². The molecule has 1 heterocycles. The zero-order chi connectivity index (χ0) is 14.9. The molecule has 9 heteroatoms. The first-order valence-corrected chi connectivity index (χ1v) is 7.78. The number of carboxylic acids is 1. The number of rotatable bonds is 4. The van der Waals surface area contributed by atoms with Gasteiger partial charge in [-0.15, -0.1) is 11.3 Å². The highest BCUT2D eigenvalue weighted by molar-refractivity contribution is 7.93. The van der Waals surface area contributed by atoms with Gasteiger partial charge in [-0.25, -0.2) is 17.6 Å². The van der Waals surface area contributed by atoms with E-state index < -0.39 is 21.8 Å². The van der Waals surface area contributed by atoms with Gasteiger partial charge in [-0.3, -0.25) is 4.72 Å². The van der Waals surface area contributed by atoms with Crippen LogP contribution < -0.4 is 4.72 Å². The number of hydrogen-bond donors (Lipinski definition) is 2. The molecule has 0 unspecified atom stereocenters. The average Bonchev–Trinajstić information content (AvgIpc) is 2.80. The Balaban J connectivity index is 2.30. The topological polar surface area (TPSA) is 83.5 Å². The van der Waals surface area contributed by atoms with E-state index in [-0.39, 0.29) is 19.8 Å². The number of carboxylic acid groups (broad SMARTS) is 1. The first kappa shape index (κ1) is 14.8. The second kappa shape index (κ2) is 5.39. The largest absolute Gasteiger partial charge is 0.477 e. The Kier molecular flexibility index (Phi) is 3.98. The zero-order valence-corrected chi connectivity index (χ0v) is 12.0. The molecule has 0 atom stereocenters. The molecule has 20 heavy (non-hydrogen) atoms. The fourth-order valence-corrected chi connectivity index (χ4v) is 3.65. The molecule has 0 aliphatic carbocycles. The third kappa shape index (κ3) is 3.09. The second-order valence-electron chi connectivity index (χ2n) is 3.65. The standard InChI is InChI=1S/C11H7ClFNO4S2/c12-7-5-6(1-2-8(7)13)20(17,18)14-10-4-3-9(19-10)11(15)16/h1-5,14H,(H,15,16). The molecule has 0 fully saturated rings. The summed E-state index contributed by atoms with van der Waals surface area (Å²) in [6.07, 6.45) is 0. The minimum atomic E-state index is -3.95. The van der Waals surface area contributed by atoms with Crippen molar-refractivity contribution >= 4 is 43.9 Å². The summed E-state index contributed by atoms with van der Waals surface area (Å²) >= 11 is 6.30. The van der Waals surface area contributed by atoms with Crippen molar-refractivity contribution in [1.82, 2.24) is 0 Å². The predicted octanol–water partition coefficient (Wildman–Crippen LogP) is 3.04. The fourth-order valence-electron chi connectivity index (χ4n) is 1.34. The Bertz CT molecular complexity index is 772. The molecule has 106 valence electrons. The Labute approximate surface area is 122 Å². The van der Waals surface area contributed by atoms with Crippen LogP contribution in [0, 0.1) is 5.82 Å². The van der Waals surface area contributed by atoms with E-state index in [1.807, 2.05) is 0 Å². The Morgan fingerprint density at radius 2 is 2.00 bits per heavy atom. The summed E-state index contributed by atoms with van der Waals surface area (Å²) in [5.74, 6) is -1.87. The summed E-state index contributed by atoms with van der Waals surface area (Å²) in [6.45, 7) is 0. The quantitative estimate of drug-likeness (QED) is 0.899. The van der Waals surface area contributed by atoms with Crippen molar-refractivity contribution in [2.45, 2.75) is 4.90 Å². The maximum Gasteiger partial charge on any atom is 0.345 e. The van der Waals surface area contributed by atoms with Crippen LogP contribution in [0.25, 0.3) is 0 Å². The van der Waals surface area contributed by atoms with E-state index in [0.717, 1.165) is 29.5 Å². The van der Waals surface area contributed by atoms with Gasteiger partial charge in [0.25, 0.3) is 10.0 Å². The Morgan fingerprint density at radius 1 is 1.30 bits per heavy atom. The molecule has 0 radical (unpaired) electrons. The third-order valence-corrected chi connectivity index (χ3v) is 5.02. The highest BCUT2D eigenvalue weighted by Gasteiger charge is 2.18. The number of hydrogen-bond acceptors (Lipinski definition) is 4. The molecule has 0 spiro atoms. The number of nitrogens with one attached hydrogen (secondary N) is 1. The van der Waals surface area contributed by atoms with Crippen LogP contribution in [0.5, 0.6) is 0 Å². The third-order valence-electron chi connectivity index (χ3n) is 2.25. The highest BCUT2D eigenvalue weighted by atomic mass is 35.5. The molecule has 5 nitrogen and oxygen atoms in total. The first-order valence-electron chi connectivity index (χ1n) is 5.10. The van der Waals surface area contributed by atoms with Crippen LogP contribution >= 0.6 is 22.9 Å². The van der Waals surface area contributed by atoms with Gasteiger partial charge in [-0.2, -0.15) is 0 Å². The van der Waals surface area contributed by atoms with Crippen molar-refractivity contribution < 1.29 is 22.7 Å². The SMILES string of the molecule is O=C(O)c1ccc(NS(=O)(=O)c2ccc(F)c(Cl)c2)s1. The van der Waals surface area contributed by atoms with Crippen molar-refractivity contribution in [3.05, 3.63) is 46.0 Å². The van der Waals surface area contributed by atoms with Gasteiger partial charge >= 0.3 is 5.97 Å². The van der Waals surface area contributed by atoms with Gasteiger partial charge in [0.15, 0.2) is 0 Å². The van der Waals surface area contributed by atoms with E-state index in [2.05, 4.69) is 4.72 Å². The van der Waals surface area contributed by atoms with Crippen LogP contribution in [0.15, 0.2) is 35.2 Å². The van der Waals surface area contributed by atoms with Crippen molar-refractivity contribution in [3.63, 3.8) is 0 Å². The van der Waals surface area contributed by atoms with Crippen LogP contribution in [-0.4, -0.2) is 19.5 Å². The molecule has 0 aliphatic rings. The van der Waals surface area contributed by atoms with Crippen LogP contribution in [0.2, 0.25) is 5.02 Å². The normalized spacial score (nSPS) is 11.3. The monoisotopic (exact) mass is 335 g/mol. The summed E-state index contributed by atoms with van der Waals surface area (Å²) in [4.78, 5) is 10.5. The van der Waals surface area contributed by atoms with Gasteiger partial charge in [0.05, 0.1) is 9.92 Å². The molecule has 1 aromatic heterocycles. The van der Waals surface area contributed by atoms with Crippen LogP contribution in [0.3, 0.4) is 0 Å². The predicted molar refractivity (Wildman–Crippen MR) is 73.5 cm³/mol. The molecule has 2 N–H and O–H groups in total. The molecule has 0 saturated carbocycles. The molecule has 0 bridgehead atoms. The number of carbonyl (C=O) groups is 1. The van der Waals surface area contributed by atoms with E-state index in [0.29, 0.717) is 0 Å². The highest BCUT2D eigenvalue weighted by Crippen LogP contribution is 2.26. The Hall–Kier alpha value is -1.64. The maximum absolute atomic E-state index is 13.0. The summed E-state index contributed by atoms with van der Waals surface area (Å²) in [7, 11) is -3.95. The van der Waals surface area contributed by atoms with Crippen LogP contribution in [0.1, 0.15) is 9.67 Å². The lowest BCUT2D eigenvalue weighted by atomic mass is 10.3. The van der Waals surface area contributed by atoms with E-state index in [1.165, 1.54) is 12.1 Å². The fraction of sp³-hybridized carbons (Fsp3) is 0. The number of thiophene rings is 1. The maximum atomic E-state index is 13.0. The first-order chi connectivity index (χ1) is 9.29. The van der Waals surface area contributed by atoms with Gasteiger partial charge in [0, 0.05) is 0 Å². The summed E-state index contributed by atoms with van der Waals surface area (Å²) < 4.78 is 39.2. The molecular weight excluding hydrogens is 329 g/mol. The molecule has 1 aromatic carbocycles. The number of halogens is 2.